The van der Waals surface area contributed by atoms with Crippen LogP contribution < -0.4 is 9.62 Å². The molecule has 1 amide bonds. The fraction of sp³-hybridized carbons (Fsp3) is 0.269. The maximum absolute atomic E-state index is 14.7. The van der Waals surface area contributed by atoms with E-state index in [1.54, 1.807) is 6.92 Å². The fourth-order valence-electron chi connectivity index (χ4n) is 4.39. The van der Waals surface area contributed by atoms with Crippen LogP contribution in [0.2, 0.25) is 0 Å². The Bertz CT molecular complexity index is 1630. The van der Waals surface area contributed by atoms with Gasteiger partial charge < -0.3 is 9.64 Å². The third kappa shape index (κ3) is 4.96. The van der Waals surface area contributed by atoms with Crippen LogP contribution in [0.1, 0.15) is 23.1 Å². The number of hydrogen-bond donors (Lipinski definition) is 1. The Balaban J connectivity index is 1.68. The number of rotatable bonds is 6. The lowest BCUT2D eigenvalue weighted by molar-refractivity contribution is 0.0977. The van der Waals surface area contributed by atoms with Gasteiger partial charge in [0.15, 0.2) is 11.5 Å². The van der Waals surface area contributed by atoms with Gasteiger partial charge in [-0.05, 0) is 55.3 Å². The number of nitrogens with one attached hydrogen (secondary N) is 1. The zero-order chi connectivity index (χ0) is 27.0. The fourth-order valence-corrected chi connectivity index (χ4v) is 4.92. The summed E-state index contributed by atoms with van der Waals surface area (Å²) >= 11 is 0. The molecule has 0 spiro atoms. The van der Waals surface area contributed by atoms with Crippen molar-refractivity contribution >= 4 is 32.7 Å². The minimum Gasteiger partial charge on any atom is -0.378 e. The maximum Gasteiger partial charge on any atom is 0.283 e. The highest BCUT2D eigenvalue weighted by atomic mass is 32.2. The van der Waals surface area contributed by atoms with Crippen molar-refractivity contribution in [3.63, 3.8) is 0 Å². The molecular weight excluding hydrogens is 516 g/mol. The monoisotopic (exact) mass is 541 g/mol. The van der Waals surface area contributed by atoms with Gasteiger partial charge in [0, 0.05) is 24.8 Å². The molecule has 38 heavy (non-hydrogen) atoms. The number of carbonyl (C=O) groups is 1. The van der Waals surface area contributed by atoms with Crippen LogP contribution in [-0.4, -0.2) is 61.1 Å². The molecule has 0 atom stereocenters. The first-order valence-corrected chi connectivity index (χ1v) is 13.7. The molecule has 1 N–H and O–H groups in total. The summed E-state index contributed by atoms with van der Waals surface area (Å²) in [4.78, 5) is 19.5. The van der Waals surface area contributed by atoms with E-state index in [-0.39, 0.29) is 22.8 Å². The lowest BCUT2D eigenvalue weighted by Gasteiger charge is -2.29. The Hall–Kier alpha value is -3.90. The largest absolute Gasteiger partial charge is 0.378 e. The van der Waals surface area contributed by atoms with Gasteiger partial charge >= 0.3 is 0 Å². The number of aromatic nitrogens is 3. The molecular formula is C26H25F2N5O4S. The highest BCUT2D eigenvalue weighted by Gasteiger charge is 2.23. The van der Waals surface area contributed by atoms with Crippen LogP contribution in [0.4, 0.5) is 14.5 Å². The first-order chi connectivity index (χ1) is 18.2. The van der Waals surface area contributed by atoms with Crippen LogP contribution in [0, 0.1) is 18.6 Å². The van der Waals surface area contributed by atoms with Gasteiger partial charge in [-0.2, -0.15) is 5.10 Å². The summed E-state index contributed by atoms with van der Waals surface area (Å²) in [5.41, 5.74) is 2.67. The summed E-state index contributed by atoms with van der Waals surface area (Å²) < 4.78 is 61.1. The Kier molecular flexibility index (Phi) is 6.84. The maximum atomic E-state index is 14.7. The molecule has 198 valence electrons. The third-order valence-corrected chi connectivity index (χ3v) is 7.62. The van der Waals surface area contributed by atoms with Crippen molar-refractivity contribution in [2.24, 2.45) is 0 Å². The minimum absolute atomic E-state index is 0.0654. The Morgan fingerprint density at radius 1 is 1.08 bits per heavy atom. The van der Waals surface area contributed by atoms with Crippen molar-refractivity contribution in [3.05, 3.63) is 71.6 Å². The minimum atomic E-state index is -3.86. The summed E-state index contributed by atoms with van der Waals surface area (Å²) in [6.07, 6.45) is 0. The van der Waals surface area contributed by atoms with Crippen molar-refractivity contribution in [2.45, 2.75) is 13.8 Å². The number of anilines is 1. The van der Waals surface area contributed by atoms with E-state index in [1.165, 1.54) is 23.7 Å². The summed E-state index contributed by atoms with van der Waals surface area (Å²) in [6.45, 7) is 5.95. The van der Waals surface area contributed by atoms with Gasteiger partial charge in [-0.3, -0.25) is 4.79 Å². The van der Waals surface area contributed by atoms with Crippen LogP contribution in [0.15, 0.2) is 48.5 Å². The molecule has 1 fully saturated rings. The van der Waals surface area contributed by atoms with Gasteiger partial charge in [0.05, 0.1) is 30.0 Å². The highest BCUT2D eigenvalue weighted by Crippen LogP contribution is 2.34. The number of ether oxygens (including phenoxy) is 1. The molecule has 1 aliphatic rings. The number of benzene rings is 2. The number of pyridine rings is 1. The van der Waals surface area contributed by atoms with E-state index in [9.17, 15) is 22.0 Å². The highest BCUT2D eigenvalue weighted by molar-refractivity contribution is 7.90. The van der Waals surface area contributed by atoms with Gasteiger partial charge in [-0.1, -0.05) is 12.1 Å². The van der Waals surface area contributed by atoms with Gasteiger partial charge in [-0.15, -0.1) is 0 Å². The number of halogens is 2. The van der Waals surface area contributed by atoms with Crippen molar-refractivity contribution in [1.82, 2.24) is 19.5 Å². The molecule has 0 unspecified atom stereocenters. The van der Waals surface area contributed by atoms with E-state index >= 15 is 0 Å². The van der Waals surface area contributed by atoms with Crippen LogP contribution >= 0.6 is 0 Å². The van der Waals surface area contributed by atoms with Crippen LogP contribution in [0.25, 0.3) is 27.8 Å². The number of aryl methyl sites for hydroxylation is 1. The number of morpholine rings is 1. The third-order valence-electron chi connectivity index (χ3n) is 6.37. The molecule has 2 aromatic carbocycles. The zero-order valence-electron chi connectivity index (χ0n) is 20.7. The molecule has 0 bridgehead atoms. The van der Waals surface area contributed by atoms with Gasteiger partial charge in [-0.25, -0.2) is 31.6 Å². The molecule has 0 aliphatic carbocycles. The second-order valence-electron chi connectivity index (χ2n) is 8.83. The number of sulfonamides is 1. The average Bonchev–Trinajstić information content (AvgIpc) is 3.24. The van der Waals surface area contributed by atoms with E-state index in [1.807, 2.05) is 29.0 Å². The van der Waals surface area contributed by atoms with Crippen molar-refractivity contribution in [3.8, 4) is 16.8 Å². The van der Waals surface area contributed by atoms with Gasteiger partial charge in [0.1, 0.15) is 17.2 Å². The summed E-state index contributed by atoms with van der Waals surface area (Å²) in [6, 6.07) is 12.2. The Morgan fingerprint density at radius 2 is 1.79 bits per heavy atom. The topological polar surface area (TPSA) is 106 Å². The number of hydrogen-bond acceptors (Lipinski definition) is 7. The molecule has 0 saturated carbocycles. The predicted octanol–water partition coefficient (Wildman–Crippen LogP) is 3.59. The number of carbonyl (C=O) groups excluding carboxylic acids is 1. The number of nitrogens with zero attached hydrogens (tertiary/aromatic N) is 4. The zero-order valence-corrected chi connectivity index (χ0v) is 21.6. The average molecular weight is 542 g/mol. The normalized spacial score (nSPS) is 14.2. The van der Waals surface area contributed by atoms with Crippen molar-refractivity contribution in [2.75, 3.05) is 37.0 Å². The van der Waals surface area contributed by atoms with Crippen LogP contribution in [0.3, 0.4) is 0 Å². The predicted molar refractivity (Wildman–Crippen MR) is 139 cm³/mol. The summed E-state index contributed by atoms with van der Waals surface area (Å²) in [5.74, 6) is -2.84. The van der Waals surface area contributed by atoms with Crippen molar-refractivity contribution < 1.29 is 26.7 Å². The van der Waals surface area contributed by atoms with E-state index < -0.39 is 27.6 Å². The van der Waals surface area contributed by atoms with Crippen molar-refractivity contribution in [1.29, 1.82) is 0 Å². The molecule has 1 aliphatic heterocycles. The molecule has 1 saturated heterocycles. The standard InChI is InChI=1S/C26H25F2N5O4S/c1-3-38(35,36)31-26(34)22-15-20(17-4-7-19(8-5-17)32-10-12-37-13-11-32)24-16(2)30-33(25(24)29-22)23-9-6-18(27)14-21(23)28/h4-9,14-15H,3,10-13H2,1-2H3,(H,31,34). The second kappa shape index (κ2) is 10.1. The van der Waals surface area contributed by atoms with Gasteiger partial charge in [0.25, 0.3) is 5.91 Å². The lowest BCUT2D eigenvalue weighted by atomic mass is 10.0. The summed E-state index contributed by atoms with van der Waals surface area (Å²) in [7, 11) is -3.86. The van der Waals surface area contributed by atoms with Crippen LogP contribution in [-0.2, 0) is 14.8 Å². The number of amides is 1. The lowest BCUT2D eigenvalue weighted by Crippen LogP contribution is -2.36. The van der Waals surface area contributed by atoms with E-state index in [0.29, 0.717) is 29.9 Å². The Labute approximate surface area is 218 Å². The summed E-state index contributed by atoms with van der Waals surface area (Å²) in [5, 5.41) is 4.98. The number of fused-ring (bicyclic) bond motifs is 1. The first kappa shape index (κ1) is 25.7. The smallest absolute Gasteiger partial charge is 0.283 e. The van der Waals surface area contributed by atoms with E-state index in [0.717, 1.165) is 36.5 Å². The van der Waals surface area contributed by atoms with E-state index in [2.05, 4.69) is 15.0 Å². The molecule has 2 aromatic heterocycles. The molecule has 12 heteroatoms. The van der Waals surface area contributed by atoms with E-state index in [4.69, 9.17) is 4.74 Å². The van der Waals surface area contributed by atoms with Gasteiger partial charge in [0.2, 0.25) is 10.0 Å². The SMILES string of the molecule is CCS(=O)(=O)NC(=O)c1cc(-c2ccc(N3CCOCC3)cc2)c2c(C)nn(-c3ccc(F)cc3F)c2n1. The molecule has 5 rings (SSSR count). The molecule has 9 nitrogen and oxygen atoms in total. The quantitative estimate of drug-likeness (QED) is 0.398. The molecule has 3 heterocycles. The first-order valence-electron chi connectivity index (χ1n) is 12.0. The second-order valence-corrected chi connectivity index (χ2v) is 10.8. The molecule has 0 radical (unpaired) electrons. The molecule has 4 aromatic rings. The van der Waals surface area contributed by atoms with Crippen LogP contribution in [0.5, 0.6) is 0 Å². The Morgan fingerprint density at radius 3 is 2.45 bits per heavy atom.